The smallest absolute Gasteiger partial charge is 0.119 e. The zero-order chi connectivity index (χ0) is 15.3. The Labute approximate surface area is 129 Å². The van der Waals surface area contributed by atoms with E-state index in [-0.39, 0.29) is 6.04 Å². The van der Waals surface area contributed by atoms with Crippen molar-refractivity contribution >= 4 is 0 Å². The highest BCUT2D eigenvalue weighted by Gasteiger charge is 2.02. The van der Waals surface area contributed by atoms with Crippen LogP contribution in [-0.4, -0.2) is 26.4 Å². The van der Waals surface area contributed by atoms with E-state index >= 15 is 0 Å². The summed E-state index contributed by atoms with van der Waals surface area (Å²) >= 11 is 0. The van der Waals surface area contributed by atoms with Gasteiger partial charge < -0.3 is 15.2 Å². The summed E-state index contributed by atoms with van der Waals surface area (Å²) in [5, 5.41) is 0. The maximum atomic E-state index is 5.92. The Hall–Kier alpha value is -1.06. The fraction of sp³-hybridized carbons (Fsp3) is 0.667. The predicted octanol–water partition coefficient (Wildman–Crippen LogP) is 3.94. The monoisotopic (exact) mass is 293 g/mol. The van der Waals surface area contributed by atoms with Crippen LogP contribution in [0.25, 0.3) is 0 Å². The second kappa shape index (κ2) is 11.6. The number of ether oxygens (including phenoxy) is 2. The highest BCUT2D eigenvalue weighted by atomic mass is 16.5. The Morgan fingerprint density at radius 3 is 2.48 bits per heavy atom. The third kappa shape index (κ3) is 8.74. The molecule has 2 N–H and O–H groups in total. The van der Waals surface area contributed by atoms with Crippen molar-refractivity contribution in [2.45, 2.75) is 57.9 Å². The number of hydrogen-bond donors (Lipinski definition) is 1. The molecule has 0 aliphatic rings. The molecule has 0 saturated heterocycles. The van der Waals surface area contributed by atoms with Crippen molar-refractivity contribution in [1.82, 2.24) is 0 Å². The van der Waals surface area contributed by atoms with Gasteiger partial charge in [0.05, 0.1) is 13.2 Å². The summed E-state index contributed by atoms with van der Waals surface area (Å²) < 4.78 is 10.8. The van der Waals surface area contributed by atoms with Gasteiger partial charge in [-0.3, -0.25) is 0 Å². The van der Waals surface area contributed by atoms with Crippen molar-refractivity contribution in [3.05, 3.63) is 29.8 Å². The number of rotatable bonds is 12. The van der Waals surface area contributed by atoms with E-state index < -0.39 is 0 Å². The molecule has 0 heterocycles. The van der Waals surface area contributed by atoms with Crippen LogP contribution in [0.5, 0.6) is 5.75 Å². The van der Waals surface area contributed by atoms with Crippen molar-refractivity contribution in [1.29, 1.82) is 0 Å². The number of unbranched alkanes of at least 4 members (excludes halogenated alkanes) is 3. The molecule has 1 aromatic carbocycles. The zero-order valence-electron chi connectivity index (χ0n) is 13.6. The number of benzene rings is 1. The molecule has 21 heavy (non-hydrogen) atoms. The average molecular weight is 293 g/mol. The van der Waals surface area contributed by atoms with E-state index in [0.717, 1.165) is 38.0 Å². The minimum atomic E-state index is 0.153. The van der Waals surface area contributed by atoms with Crippen LogP contribution in [0.3, 0.4) is 0 Å². The van der Waals surface area contributed by atoms with Gasteiger partial charge in [-0.2, -0.15) is 0 Å². The Bertz CT molecular complexity index is 351. The first-order valence-corrected chi connectivity index (χ1v) is 8.22. The molecule has 0 aromatic heterocycles. The maximum Gasteiger partial charge on any atom is 0.119 e. The third-order valence-electron chi connectivity index (χ3n) is 3.61. The molecule has 0 bridgehead atoms. The van der Waals surface area contributed by atoms with Crippen molar-refractivity contribution in [2.24, 2.45) is 5.73 Å². The van der Waals surface area contributed by atoms with Crippen LogP contribution in [0, 0.1) is 0 Å². The Morgan fingerprint density at radius 1 is 1.05 bits per heavy atom. The van der Waals surface area contributed by atoms with Crippen molar-refractivity contribution in [2.75, 3.05) is 20.3 Å². The van der Waals surface area contributed by atoms with E-state index in [1.165, 1.54) is 24.8 Å². The summed E-state index contributed by atoms with van der Waals surface area (Å²) in [5.41, 5.74) is 7.26. The van der Waals surface area contributed by atoms with Crippen LogP contribution in [-0.2, 0) is 11.2 Å². The molecule has 1 rings (SSSR count). The van der Waals surface area contributed by atoms with Gasteiger partial charge in [-0.25, -0.2) is 0 Å². The largest absolute Gasteiger partial charge is 0.494 e. The number of hydrogen-bond acceptors (Lipinski definition) is 3. The normalized spacial score (nSPS) is 12.3. The molecule has 0 spiro atoms. The van der Waals surface area contributed by atoms with E-state index in [0.29, 0.717) is 6.61 Å². The number of methoxy groups -OCH3 is 1. The van der Waals surface area contributed by atoms with Crippen LogP contribution in [0.1, 0.15) is 51.0 Å². The molecule has 1 aromatic rings. The Kier molecular flexibility index (Phi) is 9.92. The molecule has 0 aliphatic heterocycles. The highest BCUT2D eigenvalue weighted by Crippen LogP contribution is 2.15. The highest BCUT2D eigenvalue weighted by molar-refractivity contribution is 5.27. The molecule has 120 valence electrons. The van der Waals surface area contributed by atoms with E-state index in [2.05, 4.69) is 31.2 Å². The van der Waals surface area contributed by atoms with Gasteiger partial charge in [-0.15, -0.1) is 0 Å². The van der Waals surface area contributed by atoms with Gasteiger partial charge in [-0.1, -0.05) is 38.3 Å². The molecule has 0 fully saturated rings. The molecule has 0 aliphatic carbocycles. The summed E-state index contributed by atoms with van der Waals surface area (Å²) in [5.74, 6) is 0.978. The molecule has 3 nitrogen and oxygen atoms in total. The quantitative estimate of drug-likeness (QED) is 0.594. The molecule has 1 atom stereocenters. The second-order valence-corrected chi connectivity index (χ2v) is 5.66. The minimum absolute atomic E-state index is 0.153. The summed E-state index contributed by atoms with van der Waals surface area (Å²) in [6.45, 7) is 3.69. The van der Waals surface area contributed by atoms with Crippen LogP contribution in [0.2, 0.25) is 0 Å². The summed E-state index contributed by atoms with van der Waals surface area (Å²) in [6.07, 6.45) is 8.14. The average Bonchev–Trinajstić information content (AvgIpc) is 2.49. The molecular formula is C18H31NO2. The Balaban J connectivity index is 2.18. The van der Waals surface area contributed by atoms with Gasteiger partial charge in [0.1, 0.15) is 5.75 Å². The molecule has 0 radical (unpaired) electrons. The molecule has 0 amide bonds. The van der Waals surface area contributed by atoms with Crippen LogP contribution in [0.4, 0.5) is 0 Å². The van der Waals surface area contributed by atoms with Gasteiger partial charge in [0, 0.05) is 13.2 Å². The lowest BCUT2D eigenvalue weighted by Crippen LogP contribution is -2.25. The first-order chi connectivity index (χ1) is 10.3. The topological polar surface area (TPSA) is 44.5 Å². The van der Waals surface area contributed by atoms with Crippen LogP contribution < -0.4 is 10.5 Å². The second-order valence-electron chi connectivity index (χ2n) is 5.66. The number of aryl methyl sites for hydroxylation is 1. The first kappa shape index (κ1) is 18.0. The lowest BCUT2D eigenvalue weighted by atomic mass is 10.1. The van der Waals surface area contributed by atoms with Crippen molar-refractivity contribution in [3.63, 3.8) is 0 Å². The SMILES string of the molecule is CCCCCCOc1ccc(CCCC(N)COC)cc1. The van der Waals surface area contributed by atoms with Crippen LogP contribution in [0.15, 0.2) is 24.3 Å². The molecule has 1 unspecified atom stereocenters. The molecular weight excluding hydrogens is 262 g/mol. The van der Waals surface area contributed by atoms with Gasteiger partial charge in [-0.05, 0) is 43.4 Å². The van der Waals surface area contributed by atoms with E-state index in [1.54, 1.807) is 7.11 Å². The standard InChI is InChI=1S/C18H31NO2/c1-3-4-5-6-14-21-18-12-10-16(11-13-18)8-7-9-17(19)15-20-2/h10-13,17H,3-9,14-15,19H2,1-2H3. The number of nitrogens with two attached hydrogens (primary N) is 1. The van der Waals surface area contributed by atoms with E-state index in [4.69, 9.17) is 15.2 Å². The molecule has 3 heteroatoms. The summed E-state index contributed by atoms with van der Waals surface area (Å²) in [4.78, 5) is 0. The lowest BCUT2D eigenvalue weighted by molar-refractivity contribution is 0.176. The fourth-order valence-corrected chi connectivity index (χ4v) is 2.34. The minimum Gasteiger partial charge on any atom is -0.494 e. The fourth-order valence-electron chi connectivity index (χ4n) is 2.34. The van der Waals surface area contributed by atoms with Crippen molar-refractivity contribution < 1.29 is 9.47 Å². The zero-order valence-corrected chi connectivity index (χ0v) is 13.6. The van der Waals surface area contributed by atoms with Crippen LogP contribution >= 0.6 is 0 Å². The van der Waals surface area contributed by atoms with E-state index in [9.17, 15) is 0 Å². The lowest BCUT2D eigenvalue weighted by Gasteiger charge is -2.10. The van der Waals surface area contributed by atoms with Gasteiger partial charge >= 0.3 is 0 Å². The van der Waals surface area contributed by atoms with Crippen molar-refractivity contribution in [3.8, 4) is 5.75 Å². The first-order valence-electron chi connectivity index (χ1n) is 8.22. The summed E-state index contributed by atoms with van der Waals surface area (Å²) in [7, 11) is 1.70. The summed E-state index contributed by atoms with van der Waals surface area (Å²) in [6, 6.07) is 8.61. The Morgan fingerprint density at radius 2 is 1.81 bits per heavy atom. The van der Waals surface area contributed by atoms with E-state index in [1.807, 2.05) is 0 Å². The third-order valence-corrected chi connectivity index (χ3v) is 3.61. The molecule has 0 saturated carbocycles. The van der Waals surface area contributed by atoms with Gasteiger partial charge in [0.25, 0.3) is 0 Å². The van der Waals surface area contributed by atoms with Gasteiger partial charge in [0.2, 0.25) is 0 Å². The van der Waals surface area contributed by atoms with Gasteiger partial charge in [0.15, 0.2) is 0 Å². The predicted molar refractivity (Wildman–Crippen MR) is 88.9 cm³/mol. The maximum absolute atomic E-state index is 5.92.